The van der Waals surface area contributed by atoms with Crippen molar-refractivity contribution < 1.29 is 22.8 Å². The van der Waals surface area contributed by atoms with E-state index in [2.05, 4.69) is 10.4 Å². The van der Waals surface area contributed by atoms with Crippen LogP contribution in [0.25, 0.3) is 5.69 Å². The van der Waals surface area contributed by atoms with Gasteiger partial charge in [-0.2, -0.15) is 18.3 Å². The van der Waals surface area contributed by atoms with Gasteiger partial charge in [-0.05, 0) is 47.9 Å². The molecule has 9 heteroatoms. The molecule has 4 rings (SSSR count). The second-order valence-corrected chi connectivity index (χ2v) is 7.61. The largest absolute Gasteiger partial charge is 0.435 e. The minimum atomic E-state index is -4.49. The van der Waals surface area contributed by atoms with Crippen LogP contribution in [0, 0.1) is 0 Å². The van der Waals surface area contributed by atoms with Gasteiger partial charge >= 0.3 is 6.18 Å². The van der Waals surface area contributed by atoms with Crippen LogP contribution in [0.15, 0.2) is 60.8 Å². The zero-order chi connectivity index (χ0) is 22.7. The molecule has 2 amide bonds. The van der Waals surface area contributed by atoms with Gasteiger partial charge in [0.05, 0.1) is 5.69 Å². The van der Waals surface area contributed by atoms with E-state index in [4.69, 9.17) is 0 Å². The minimum absolute atomic E-state index is 0.159. The van der Waals surface area contributed by atoms with Crippen molar-refractivity contribution in [3.05, 3.63) is 83.2 Å². The van der Waals surface area contributed by atoms with Crippen molar-refractivity contribution >= 4 is 11.8 Å². The van der Waals surface area contributed by atoms with Gasteiger partial charge in [-0.3, -0.25) is 9.59 Å². The lowest BCUT2D eigenvalue weighted by Crippen LogP contribution is -2.24. The highest BCUT2D eigenvalue weighted by atomic mass is 19.4. The number of hydrogen-bond acceptors (Lipinski definition) is 3. The quantitative estimate of drug-likeness (QED) is 0.629. The number of nitrogens with one attached hydrogen (secondary N) is 1. The SMILES string of the molecule is O=C(NCc1ccc(-n2ccc(C(F)(F)F)n2)cc1)c1ccc(CN2CCCC2=O)cc1. The van der Waals surface area contributed by atoms with E-state index >= 15 is 0 Å². The number of benzene rings is 2. The monoisotopic (exact) mass is 442 g/mol. The lowest BCUT2D eigenvalue weighted by atomic mass is 10.1. The molecule has 0 unspecified atom stereocenters. The average Bonchev–Trinajstić information content (AvgIpc) is 3.43. The van der Waals surface area contributed by atoms with Gasteiger partial charge in [0, 0.05) is 37.8 Å². The molecule has 2 aromatic carbocycles. The normalized spacial score (nSPS) is 14.1. The molecule has 0 saturated carbocycles. The minimum Gasteiger partial charge on any atom is -0.348 e. The van der Waals surface area contributed by atoms with Crippen LogP contribution in [0.5, 0.6) is 0 Å². The average molecular weight is 442 g/mol. The van der Waals surface area contributed by atoms with Crippen LogP contribution in [-0.4, -0.2) is 33.0 Å². The molecule has 0 spiro atoms. The zero-order valence-electron chi connectivity index (χ0n) is 17.1. The second-order valence-electron chi connectivity index (χ2n) is 7.61. The Hall–Kier alpha value is -3.62. The molecule has 1 aliphatic rings. The Labute approximate surface area is 182 Å². The lowest BCUT2D eigenvalue weighted by molar-refractivity contribution is -0.141. The predicted octanol–water partition coefficient (Wildman–Crippen LogP) is 3.94. The molecule has 1 aromatic heterocycles. The van der Waals surface area contributed by atoms with Gasteiger partial charge in [0.15, 0.2) is 5.69 Å². The van der Waals surface area contributed by atoms with Gasteiger partial charge < -0.3 is 10.2 Å². The Kier molecular flexibility index (Phi) is 5.98. The van der Waals surface area contributed by atoms with E-state index in [1.165, 1.54) is 6.20 Å². The standard InChI is InChI=1S/C23H21F3N4O2/c24-23(25,26)20-11-13-30(28-20)19-9-5-16(6-10-19)14-27-22(32)18-7-3-17(4-8-18)15-29-12-1-2-21(29)31/h3-11,13H,1-2,12,14-15H2,(H,27,32). The molecule has 0 radical (unpaired) electrons. The van der Waals surface area contributed by atoms with E-state index in [1.807, 2.05) is 17.0 Å². The molecule has 1 saturated heterocycles. The molecular formula is C23H21F3N4O2. The van der Waals surface area contributed by atoms with Gasteiger partial charge in [0.2, 0.25) is 5.91 Å². The van der Waals surface area contributed by atoms with Crippen LogP contribution in [0.4, 0.5) is 13.2 Å². The second kappa shape index (κ2) is 8.86. The number of nitrogens with zero attached hydrogens (tertiary/aromatic N) is 3. The highest BCUT2D eigenvalue weighted by Crippen LogP contribution is 2.27. The van der Waals surface area contributed by atoms with E-state index in [0.29, 0.717) is 24.2 Å². The Balaban J connectivity index is 1.32. The summed E-state index contributed by atoms with van der Waals surface area (Å²) < 4.78 is 39.2. The van der Waals surface area contributed by atoms with Crippen LogP contribution in [-0.2, 0) is 24.1 Å². The van der Waals surface area contributed by atoms with Crippen LogP contribution >= 0.6 is 0 Å². The Morgan fingerprint density at radius 3 is 2.28 bits per heavy atom. The summed E-state index contributed by atoms with van der Waals surface area (Å²) in [6.07, 6.45) is -1.75. The molecule has 0 bridgehead atoms. The summed E-state index contributed by atoms with van der Waals surface area (Å²) in [6.45, 7) is 1.59. The maximum absolute atomic E-state index is 12.7. The number of amides is 2. The van der Waals surface area contributed by atoms with E-state index in [-0.39, 0.29) is 18.4 Å². The Morgan fingerprint density at radius 2 is 1.69 bits per heavy atom. The highest BCUT2D eigenvalue weighted by Gasteiger charge is 2.33. The Bertz CT molecular complexity index is 1110. The van der Waals surface area contributed by atoms with Gasteiger partial charge in [0.1, 0.15) is 0 Å². The summed E-state index contributed by atoms with van der Waals surface area (Å²) in [5, 5.41) is 6.36. The number of aromatic nitrogens is 2. The van der Waals surface area contributed by atoms with Crippen LogP contribution < -0.4 is 5.32 Å². The third-order valence-corrected chi connectivity index (χ3v) is 5.29. The third kappa shape index (κ3) is 4.99. The third-order valence-electron chi connectivity index (χ3n) is 5.29. The van der Waals surface area contributed by atoms with Crippen LogP contribution in [0.2, 0.25) is 0 Å². The molecule has 6 nitrogen and oxygen atoms in total. The molecule has 1 fully saturated rings. The summed E-state index contributed by atoms with van der Waals surface area (Å²) in [5.41, 5.74) is 1.82. The highest BCUT2D eigenvalue weighted by molar-refractivity contribution is 5.94. The van der Waals surface area contributed by atoms with Gasteiger partial charge in [0.25, 0.3) is 5.91 Å². The van der Waals surface area contributed by atoms with E-state index in [0.717, 1.165) is 34.8 Å². The first-order valence-corrected chi connectivity index (χ1v) is 10.2. The van der Waals surface area contributed by atoms with Crippen molar-refractivity contribution in [2.24, 2.45) is 0 Å². The number of likely N-dealkylation sites (tertiary alicyclic amines) is 1. The summed E-state index contributed by atoms with van der Waals surface area (Å²) in [4.78, 5) is 26.0. The van der Waals surface area contributed by atoms with Crippen molar-refractivity contribution in [2.75, 3.05) is 6.54 Å². The molecule has 0 atom stereocenters. The fraction of sp³-hybridized carbons (Fsp3) is 0.261. The van der Waals surface area contributed by atoms with Gasteiger partial charge in [-0.15, -0.1) is 0 Å². The topological polar surface area (TPSA) is 67.2 Å². The van der Waals surface area contributed by atoms with Crippen molar-refractivity contribution in [1.82, 2.24) is 20.0 Å². The summed E-state index contributed by atoms with van der Waals surface area (Å²) >= 11 is 0. The number of carbonyl (C=O) groups excluding carboxylic acids is 2. The summed E-state index contributed by atoms with van der Waals surface area (Å²) in [6, 6.07) is 14.8. The van der Waals surface area contributed by atoms with Crippen molar-refractivity contribution in [3.63, 3.8) is 0 Å². The van der Waals surface area contributed by atoms with Crippen LogP contribution in [0.3, 0.4) is 0 Å². The van der Waals surface area contributed by atoms with Gasteiger partial charge in [-0.1, -0.05) is 24.3 Å². The Morgan fingerprint density at radius 1 is 1.00 bits per heavy atom. The first-order valence-electron chi connectivity index (χ1n) is 10.2. The van der Waals surface area contributed by atoms with E-state index in [9.17, 15) is 22.8 Å². The number of rotatable bonds is 6. The van der Waals surface area contributed by atoms with Gasteiger partial charge in [-0.25, -0.2) is 4.68 Å². The van der Waals surface area contributed by atoms with E-state index in [1.54, 1.807) is 36.4 Å². The van der Waals surface area contributed by atoms with Crippen molar-refractivity contribution in [3.8, 4) is 5.69 Å². The van der Waals surface area contributed by atoms with Crippen molar-refractivity contribution in [1.29, 1.82) is 0 Å². The molecule has 32 heavy (non-hydrogen) atoms. The maximum atomic E-state index is 12.7. The zero-order valence-corrected chi connectivity index (χ0v) is 17.1. The molecular weight excluding hydrogens is 421 g/mol. The number of alkyl halides is 3. The predicted molar refractivity (Wildman–Crippen MR) is 111 cm³/mol. The number of carbonyl (C=O) groups is 2. The number of hydrogen-bond donors (Lipinski definition) is 1. The first-order chi connectivity index (χ1) is 15.3. The summed E-state index contributed by atoms with van der Waals surface area (Å²) in [5.74, 6) is -0.0778. The molecule has 1 N–H and O–H groups in total. The molecule has 1 aliphatic heterocycles. The van der Waals surface area contributed by atoms with Crippen LogP contribution in [0.1, 0.15) is 40.0 Å². The van der Waals surface area contributed by atoms with Crippen molar-refractivity contribution in [2.45, 2.75) is 32.1 Å². The fourth-order valence-electron chi connectivity index (χ4n) is 3.52. The lowest BCUT2D eigenvalue weighted by Gasteiger charge is -2.15. The smallest absolute Gasteiger partial charge is 0.348 e. The molecule has 166 valence electrons. The number of halogens is 3. The first kappa shape index (κ1) is 21.6. The molecule has 0 aliphatic carbocycles. The van der Waals surface area contributed by atoms with E-state index < -0.39 is 11.9 Å². The molecule has 2 heterocycles. The fourth-order valence-corrected chi connectivity index (χ4v) is 3.52. The summed E-state index contributed by atoms with van der Waals surface area (Å²) in [7, 11) is 0. The molecule has 3 aromatic rings. The maximum Gasteiger partial charge on any atom is 0.435 e.